The van der Waals surface area contributed by atoms with E-state index in [-0.39, 0.29) is 0 Å². The molecule has 82 valence electrons. The average molecular weight is 204 g/mol. The van der Waals surface area contributed by atoms with Gasteiger partial charge in [-0.1, -0.05) is 18.9 Å². The van der Waals surface area contributed by atoms with Crippen LogP contribution in [0.1, 0.15) is 36.8 Å². The van der Waals surface area contributed by atoms with Crippen LogP contribution in [-0.2, 0) is 0 Å². The van der Waals surface area contributed by atoms with Crippen molar-refractivity contribution in [3.63, 3.8) is 0 Å². The van der Waals surface area contributed by atoms with E-state index in [1.165, 1.54) is 36.8 Å². The molecule has 0 unspecified atom stereocenters. The molecular formula is C13H20N2. The normalized spacial score (nSPS) is 16.9. The molecule has 1 aliphatic rings. The highest BCUT2D eigenvalue weighted by Gasteiger charge is 2.15. The number of rotatable bonds is 2. The molecule has 1 aliphatic carbocycles. The van der Waals surface area contributed by atoms with Crippen LogP contribution < -0.4 is 11.1 Å². The number of hydrogen-bond donors (Lipinski definition) is 2. The van der Waals surface area contributed by atoms with Crippen LogP contribution in [0.4, 0.5) is 11.4 Å². The lowest BCUT2D eigenvalue weighted by Gasteiger charge is -2.17. The maximum absolute atomic E-state index is 6.07. The summed E-state index contributed by atoms with van der Waals surface area (Å²) in [6.45, 7) is 4.19. The summed E-state index contributed by atoms with van der Waals surface area (Å²) in [6, 6.07) is 4.92. The van der Waals surface area contributed by atoms with Crippen molar-refractivity contribution in [1.29, 1.82) is 0 Å². The fraction of sp³-hybridized carbons (Fsp3) is 0.538. The largest absolute Gasteiger partial charge is 0.397 e. The minimum Gasteiger partial charge on any atom is -0.397 e. The van der Waals surface area contributed by atoms with E-state index in [0.29, 0.717) is 6.04 Å². The Balaban J connectivity index is 2.19. The van der Waals surface area contributed by atoms with Gasteiger partial charge >= 0.3 is 0 Å². The lowest BCUT2D eigenvalue weighted by atomic mass is 10.1. The maximum Gasteiger partial charge on any atom is 0.0581 e. The second kappa shape index (κ2) is 4.13. The van der Waals surface area contributed by atoms with Gasteiger partial charge in [0.05, 0.1) is 11.4 Å². The highest BCUT2D eigenvalue weighted by molar-refractivity contribution is 5.71. The molecule has 1 aromatic carbocycles. The van der Waals surface area contributed by atoms with Gasteiger partial charge in [-0.15, -0.1) is 0 Å². The number of benzene rings is 1. The average Bonchev–Trinajstić information content (AvgIpc) is 2.66. The van der Waals surface area contributed by atoms with Crippen LogP contribution in [0.25, 0.3) is 0 Å². The SMILES string of the molecule is Cc1cc(C)c(N)c(NC2CCCC2)c1. The Labute approximate surface area is 91.9 Å². The van der Waals surface area contributed by atoms with E-state index in [2.05, 4.69) is 31.3 Å². The van der Waals surface area contributed by atoms with E-state index in [9.17, 15) is 0 Å². The molecule has 0 saturated heterocycles. The van der Waals surface area contributed by atoms with Gasteiger partial charge in [0.15, 0.2) is 0 Å². The second-order valence-electron chi connectivity index (χ2n) is 4.67. The monoisotopic (exact) mass is 204 g/mol. The van der Waals surface area contributed by atoms with Crippen LogP contribution in [0.15, 0.2) is 12.1 Å². The number of nitrogen functional groups attached to an aromatic ring is 1. The van der Waals surface area contributed by atoms with Gasteiger partial charge in [0.1, 0.15) is 0 Å². The first kappa shape index (κ1) is 10.3. The third-order valence-corrected chi connectivity index (χ3v) is 3.25. The van der Waals surface area contributed by atoms with Gasteiger partial charge in [-0.2, -0.15) is 0 Å². The molecule has 2 rings (SSSR count). The predicted molar refractivity (Wildman–Crippen MR) is 66.2 cm³/mol. The van der Waals surface area contributed by atoms with Crippen LogP contribution in [0.3, 0.4) is 0 Å². The van der Waals surface area contributed by atoms with Gasteiger partial charge in [0, 0.05) is 6.04 Å². The van der Waals surface area contributed by atoms with Gasteiger partial charge < -0.3 is 11.1 Å². The van der Waals surface area contributed by atoms with E-state index in [1.54, 1.807) is 0 Å². The molecule has 0 radical (unpaired) electrons. The number of hydrogen-bond acceptors (Lipinski definition) is 2. The van der Waals surface area contributed by atoms with Crippen LogP contribution in [-0.4, -0.2) is 6.04 Å². The van der Waals surface area contributed by atoms with Crippen LogP contribution in [0.2, 0.25) is 0 Å². The lowest BCUT2D eigenvalue weighted by Crippen LogP contribution is -2.16. The first-order valence-electron chi connectivity index (χ1n) is 5.80. The van der Waals surface area contributed by atoms with E-state index < -0.39 is 0 Å². The minimum atomic E-state index is 0.633. The zero-order valence-electron chi connectivity index (χ0n) is 9.64. The van der Waals surface area contributed by atoms with Crippen molar-refractivity contribution in [2.24, 2.45) is 0 Å². The lowest BCUT2D eigenvalue weighted by molar-refractivity contribution is 0.756. The zero-order valence-corrected chi connectivity index (χ0v) is 9.64. The smallest absolute Gasteiger partial charge is 0.0581 e. The highest BCUT2D eigenvalue weighted by Crippen LogP contribution is 2.28. The van der Waals surface area contributed by atoms with E-state index in [0.717, 1.165) is 11.4 Å². The molecule has 1 fully saturated rings. The standard InChI is InChI=1S/C13H20N2/c1-9-7-10(2)13(14)12(8-9)15-11-5-3-4-6-11/h7-8,11,15H,3-6,14H2,1-2H3. The summed E-state index contributed by atoms with van der Waals surface area (Å²) in [6.07, 6.45) is 5.27. The van der Waals surface area contributed by atoms with Crippen molar-refractivity contribution in [3.8, 4) is 0 Å². The zero-order chi connectivity index (χ0) is 10.8. The Morgan fingerprint density at radius 2 is 1.87 bits per heavy atom. The molecule has 1 aromatic rings. The molecule has 0 amide bonds. The Morgan fingerprint density at radius 3 is 2.53 bits per heavy atom. The fourth-order valence-electron chi connectivity index (χ4n) is 2.39. The Bertz CT molecular complexity index is 352. The highest BCUT2D eigenvalue weighted by atomic mass is 14.9. The Kier molecular flexibility index (Phi) is 2.85. The molecule has 0 atom stereocenters. The summed E-state index contributed by atoms with van der Waals surface area (Å²) in [4.78, 5) is 0. The molecule has 0 aromatic heterocycles. The van der Waals surface area contributed by atoms with Gasteiger partial charge in [-0.05, 0) is 43.9 Å². The molecule has 1 saturated carbocycles. The molecule has 2 heteroatoms. The number of anilines is 2. The van der Waals surface area contributed by atoms with Crippen molar-refractivity contribution in [2.75, 3.05) is 11.1 Å². The van der Waals surface area contributed by atoms with Gasteiger partial charge in [0.25, 0.3) is 0 Å². The molecule has 15 heavy (non-hydrogen) atoms. The van der Waals surface area contributed by atoms with E-state index in [1.807, 2.05) is 0 Å². The Morgan fingerprint density at radius 1 is 1.20 bits per heavy atom. The molecular weight excluding hydrogens is 184 g/mol. The van der Waals surface area contributed by atoms with Crippen molar-refractivity contribution in [2.45, 2.75) is 45.6 Å². The van der Waals surface area contributed by atoms with Gasteiger partial charge in [-0.3, -0.25) is 0 Å². The van der Waals surface area contributed by atoms with Crippen molar-refractivity contribution in [3.05, 3.63) is 23.3 Å². The first-order valence-corrected chi connectivity index (χ1v) is 5.80. The fourth-order valence-corrected chi connectivity index (χ4v) is 2.39. The van der Waals surface area contributed by atoms with Crippen molar-refractivity contribution < 1.29 is 0 Å². The topological polar surface area (TPSA) is 38.0 Å². The predicted octanol–water partition coefficient (Wildman–Crippen LogP) is 3.24. The van der Waals surface area contributed by atoms with Gasteiger partial charge in [-0.25, -0.2) is 0 Å². The Hall–Kier alpha value is -1.18. The summed E-state index contributed by atoms with van der Waals surface area (Å²) in [7, 11) is 0. The summed E-state index contributed by atoms with van der Waals surface area (Å²) < 4.78 is 0. The van der Waals surface area contributed by atoms with Gasteiger partial charge in [0.2, 0.25) is 0 Å². The minimum absolute atomic E-state index is 0.633. The summed E-state index contributed by atoms with van der Waals surface area (Å²) in [5, 5.41) is 3.57. The number of nitrogens with two attached hydrogens (primary N) is 1. The molecule has 0 aliphatic heterocycles. The van der Waals surface area contributed by atoms with Crippen molar-refractivity contribution in [1.82, 2.24) is 0 Å². The molecule has 0 spiro atoms. The summed E-state index contributed by atoms with van der Waals surface area (Å²) >= 11 is 0. The molecule has 3 N–H and O–H groups in total. The molecule has 0 heterocycles. The van der Waals surface area contributed by atoms with Crippen molar-refractivity contribution >= 4 is 11.4 Å². The maximum atomic E-state index is 6.07. The third-order valence-electron chi connectivity index (χ3n) is 3.25. The van der Waals surface area contributed by atoms with Crippen LogP contribution in [0.5, 0.6) is 0 Å². The summed E-state index contributed by atoms with van der Waals surface area (Å²) in [5.74, 6) is 0. The first-order chi connectivity index (χ1) is 7.16. The number of aryl methyl sites for hydroxylation is 2. The molecule has 2 nitrogen and oxygen atoms in total. The summed E-state index contributed by atoms with van der Waals surface area (Å²) in [5.41, 5.74) is 10.6. The quantitative estimate of drug-likeness (QED) is 0.726. The van der Waals surface area contributed by atoms with Crippen LogP contribution in [0, 0.1) is 13.8 Å². The molecule has 0 bridgehead atoms. The second-order valence-corrected chi connectivity index (χ2v) is 4.67. The number of nitrogens with one attached hydrogen (secondary N) is 1. The van der Waals surface area contributed by atoms with E-state index in [4.69, 9.17) is 5.73 Å². The third kappa shape index (κ3) is 2.25. The van der Waals surface area contributed by atoms with Crippen LogP contribution >= 0.6 is 0 Å². The van der Waals surface area contributed by atoms with E-state index >= 15 is 0 Å².